The molecule has 0 spiro atoms. The summed E-state index contributed by atoms with van der Waals surface area (Å²) in [7, 11) is 0. The Kier molecular flexibility index (Phi) is 3.73. The zero-order chi connectivity index (χ0) is 13.1. The van der Waals surface area contributed by atoms with Crippen molar-refractivity contribution in [1.29, 1.82) is 0 Å². The summed E-state index contributed by atoms with van der Waals surface area (Å²) in [5, 5.41) is 0. The minimum absolute atomic E-state index is 0.110. The molecule has 18 heavy (non-hydrogen) atoms. The van der Waals surface area contributed by atoms with Gasteiger partial charge in [-0.3, -0.25) is 9.36 Å². The van der Waals surface area contributed by atoms with Gasteiger partial charge in [-0.1, -0.05) is 0 Å². The summed E-state index contributed by atoms with van der Waals surface area (Å²) in [5.41, 5.74) is 3.95. The molecule has 7 heteroatoms. The van der Waals surface area contributed by atoms with Gasteiger partial charge in [-0.15, -0.1) is 0 Å². The third kappa shape index (κ3) is 2.57. The van der Waals surface area contributed by atoms with Crippen LogP contribution < -0.4 is 16.8 Å². The van der Waals surface area contributed by atoms with Gasteiger partial charge in [-0.25, -0.2) is 15.8 Å². The van der Waals surface area contributed by atoms with Crippen molar-refractivity contribution in [3.8, 4) is 0 Å². The number of halogens is 1. The standard InChI is InChI=1S/C11H12BrN5O/c1-7-10(12)11(18)17(6-15-7)5-8-2-3-14-9(4-8)16-13/h2-4,6H,5,13H2,1H3,(H,14,16). The Hall–Kier alpha value is -1.73. The average Bonchev–Trinajstić information content (AvgIpc) is 2.40. The van der Waals surface area contributed by atoms with Gasteiger partial charge in [0.15, 0.2) is 0 Å². The van der Waals surface area contributed by atoms with Gasteiger partial charge in [0.1, 0.15) is 10.3 Å². The Morgan fingerprint density at radius 1 is 1.50 bits per heavy atom. The van der Waals surface area contributed by atoms with Gasteiger partial charge in [0.05, 0.1) is 18.6 Å². The van der Waals surface area contributed by atoms with E-state index in [0.29, 0.717) is 22.5 Å². The van der Waals surface area contributed by atoms with Crippen LogP contribution in [-0.2, 0) is 6.54 Å². The van der Waals surface area contributed by atoms with Crippen LogP contribution in [0.5, 0.6) is 0 Å². The van der Waals surface area contributed by atoms with Crippen molar-refractivity contribution < 1.29 is 0 Å². The van der Waals surface area contributed by atoms with Crippen LogP contribution in [0.3, 0.4) is 0 Å². The van der Waals surface area contributed by atoms with Gasteiger partial charge >= 0.3 is 0 Å². The lowest BCUT2D eigenvalue weighted by Crippen LogP contribution is -2.22. The quantitative estimate of drug-likeness (QED) is 0.653. The third-order valence-corrected chi connectivity index (χ3v) is 3.40. The number of hydrogen-bond donors (Lipinski definition) is 2. The van der Waals surface area contributed by atoms with E-state index in [1.165, 1.54) is 10.9 Å². The largest absolute Gasteiger partial charge is 0.308 e. The third-order valence-electron chi connectivity index (χ3n) is 2.48. The monoisotopic (exact) mass is 309 g/mol. The number of hydrogen-bond acceptors (Lipinski definition) is 5. The highest BCUT2D eigenvalue weighted by molar-refractivity contribution is 9.10. The van der Waals surface area contributed by atoms with E-state index in [0.717, 1.165) is 5.56 Å². The molecule has 2 heterocycles. The first kappa shape index (κ1) is 12.7. The van der Waals surface area contributed by atoms with Crippen molar-refractivity contribution in [1.82, 2.24) is 14.5 Å². The van der Waals surface area contributed by atoms with Gasteiger partial charge in [-0.2, -0.15) is 0 Å². The van der Waals surface area contributed by atoms with Crippen molar-refractivity contribution in [2.45, 2.75) is 13.5 Å². The molecule has 0 atom stereocenters. The molecule has 2 rings (SSSR count). The fourth-order valence-electron chi connectivity index (χ4n) is 1.51. The molecule has 0 aliphatic carbocycles. The summed E-state index contributed by atoms with van der Waals surface area (Å²) < 4.78 is 2.00. The molecule has 0 aliphatic rings. The first-order valence-electron chi connectivity index (χ1n) is 5.25. The molecular weight excluding hydrogens is 298 g/mol. The van der Waals surface area contributed by atoms with E-state index in [1.807, 2.05) is 6.07 Å². The fraction of sp³-hybridized carbons (Fsp3) is 0.182. The zero-order valence-electron chi connectivity index (χ0n) is 9.72. The number of nitrogens with one attached hydrogen (secondary N) is 1. The number of nitrogen functional groups attached to an aromatic ring is 1. The SMILES string of the molecule is Cc1ncn(Cc2ccnc(NN)c2)c(=O)c1Br. The maximum absolute atomic E-state index is 12.0. The average molecular weight is 310 g/mol. The second-order valence-corrected chi connectivity index (χ2v) is 4.56. The maximum atomic E-state index is 12.0. The van der Waals surface area contributed by atoms with Crippen LogP contribution in [0, 0.1) is 6.92 Å². The number of aryl methyl sites for hydroxylation is 1. The van der Waals surface area contributed by atoms with Crippen molar-refractivity contribution in [2.24, 2.45) is 5.84 Å². The number of hydrazine groups is 1. The molecule has 2 aromatic rings. The van der Waals surface area contributed by atoms with E-state index in [4.69, 9.17) is 5.84 Å². The second-order valence-electron chi connectivity index (χ2n) is 3.77. The molecule has 0 bridgehead atoms. The van der Waals surface area contributed by atoms with Crippen molar-refractivity contribution in [3.05, 3.63) is 50.7 Å². The van der Waals surface area contributed by atoms with Gasteiger partial charge in [0, 0.05) is 6.20 Å². The number of nitrogens with zero attached hydrogens (tertiary/aromatic N) is 3. The first-order valence-corrected chi connectivity index (χ1v) is 6.04. The molecule has 0 radical (unpaired) electrons. The highest BCUT2D eigenvalue weighted by Crippen LogP contribution is 2.09. The normalized spacial score (nSPS) is 10.4. The Labute approximate surface area is 112 Å². The molecule has 0 saturated heterocycles. The van der Waals surface area contributed by atoms with E-state index in [-0.39, 0.29) is 5.56 Å². The maximum Gasteiger partial charge on any atom is 0.268 e. The van der Waals surface area contributed by atoms with E-state index in [1.54, 1.807) is 19.2 Å². The van der Waals surface area contributed by atoms with E-state index >= 15 is 0 Å². The summed E-state index contributed by atoms with van der Waals surface area (Å²) >= 11 is 3.23. The van der Waals surface area contributed by atoms with Crippen LogP contribution >= 0.6 is 15.9 Å². The van der Waals surface area contributed by atoms with Crippen LogP contribution in [0.1, 0.15) is 11.3 Å². The predicted octanol–water partition coefficient (Wildman–Crippen LogP) is 1.04. The zero-order valence-corrected chi connectivity index (χ0v) is 11.3. The number of rotatable bonds is 3. The number of anilines is 1. The topological polar surface area (TPSA) is 85.8 Å². The van der Waals surface area contributed by atoms with E-state index in [2.05, 4.69) is 31.3 Å². The van der Waals surface area contributed by atoms with Gasteiger partial charge in [0.25, 0.3) is 5.56 Å². The Balaban J connectivity index is 2.34. The highest BCUT2D eigenvalue weighted by Gasteiger charge is 2.06. The summed E-state index contributed by atoms with van der Waals surface area (Å²) in [4.78, 5) is 20.1. The molecule has 2 aromatic heterocycles. The summed E-state index contributed by atoms with van der Waals surface area (Å²) in [6.07, 6.45) is 3.16. The summed E-state index contributed by atoms with van der Waals surface area (Å²) in [6, 6.07) is 3.60. The Bertz CT molecular complexity index is 625. The van der Waals surface area contributed by atoms with Gasteiger partial charge in [0.2, 0.25) is 0 Å². The number of pyridine rings is 1. The first-order chi connectivity index (χ1) is 8.61. The molecule has 0 saturated carbocycles. The molecule has 0 aromatic carbocycles. The van der Waals surface area contributed by atoms with Crippen LogP contribution in [0.25, 0.3) is 0 Å². The molecule has 0 amide bonds. The minimum atomic E-state index is -0.110. The van der Waals surface area contributed by atoms with Crippen LogP contribution in [0.4, 0.5) is 5.82 Å². The number of aromatic nitrogens is 3. The lowest BCUT2D eigenvalue weighted by atomic mass is 10.2. The van der Waals surface area contributed by atoms with Crippen LogP contribution in [0.15, 0.2) is 33.9 Å². The fourth-order valence-corrected chi connectivity index (χ4v) is 1.84. The Morgan fingerprint density at radius 2 is 2.28 bits per heavy atom. The minimum Gasteiger partial charge on any atom is -0.308 e. The summed E-state index contributed by atoms with van der Waals surface area (Å²) in [6.45, 7) is 2.20. The molecule has 6 nitrogen and oxygen atoms in total. The van der Waals surface area contributed by atoms with Crippen LogP contribution in [-0.4, -0.2) is 14.5 Å². The number of nitrogens with two attached hydrogens (primary N) is 1. The smallest absolute Gasteiger partial charge is 0.268 e. The lowest BCUT2D eigenvalue weighted by molar-refractivity contribution is 0.723. The Morgan fingerprint density at radius 3 is 3.00 bits per heavy atom. The molecule has 0 aliphatic heterocycles. The van der Waals surface area contributed by atoms with Crippen molar-refractivity contribution in [2.75, 3.05) is 5.43 Å². The predicted molar refractivity (Wildman–Crippen MR) is 72.1 cm³/mol. The van der Waals surface area contributed by atoms with Gasteiger partial charge in [-0.05, 0) is 40.5 Å². The lowest BCUT2D eigenvalue weighted by Gasteiger charge is -2.08. The molecule has 0 fully saturated rings. The second kappa shape index (κ2) is 5.28. The molecule has 0 unspecified atom stereocenters. The van der Waals surface area contributed by atoms with Gasteiger partial charge < -0.3 is 5.43 Å². The molecule has 94 valence electrons. The van der Waals surface area contributed by atoms with Crippen LogP contribution in [0.2, 0.25) is 0 Å². The van der Waals surface area contributed by atoms with Crippen molar-refractivity contribution in [3.63, 3.8) is 0 Å². The van der Waals surface area contributed by atoms with Crippen molar-refractivity contribution >= 4 is 21.7 Å². The molecule has 3 N–H and O–H groups in total. The van der Waals surface area contributed by atoms with E-state index in [9.17, 15) is 4.79 Å². The summed E-state index contributed by atoms with van der Waals surface area (Å²) in [5.74, 6) is 5.84. The molecular formula is C11H12BrN5O. The van der Waals surface area contributed by atoms with E-state index < -0.39 is 0 Å². The highest BCUT2D eigenvalue weighted by atomic mass is 79.9.